The number of carboxylic acids is 1. The number of likely N-dealkylation sites (tertiary alicyclic amines) is 1. The van der Waals surface area contributed by atoms with E-state index in [2.05, 4.69) is 5.32 Å². The monoisotopic (exact) mass is 362 g/mol. The fourth-order valence-electron chi connectivity index (χ4n) is 3.37. The van der Waals surface area contributed by atoms with Gasteiger partial charge in [0.25, 0.3) is 0 Å². The Morgan fingerprint density at radius 1 is 1.31 bits per heavy atom. The molecule has 1 saturated heterocycles. The molecule has 0 aromatic heterocycles. The second-order valence-corrected chi connectivity index (χ2v) is 6.77. The van der Waals surface area contributed by atoms with Crippen LogP contribution in [0.2, 0.25) is 0 Å². The van der Waals surface area contributed by atoms with Crippen LogP contribution < -0.4 is 5.32 Å². The maximum Gasteiger partial charge on any atom is 0.317 e. The highest BCUT2D eigenvalue weighted by molar-refractivity contribution is 5.75. The third-order valence-electron chi connectivity index (χ3n) is 4.76. The van der Waals surface area contributed by atoms with Gasteiger partial charge >= 0.3 is 12.0 Å². The number of urea groups is 1. The zero-order valence-corrected chi connectivity index (χ0v) is 15.5. The lowest BCUT2D eigenvalue weighted by Crippen LogP contribution is -2.53. The summed E-state index contributed by atoms with van der Waals surface area (Å²) in [6.07, 6.45) is 4.14. The quantitative estimate of drug-likeness (QED) is 0.708. The zero-order chi connectivity index (χ0) is 18.8. The first kappa shape index (κ1) is 20.2. The minimum Gasteiger partial charge on any atom is -0.481 e. The average molecular weight is 362 g/mol. The van der Waals surface area contributed by atoms with Crippen LogP contribution in [0.15, 0.2) is 30.3 Å². The number of aliphatic carboxylic acids is 1. The maximum atomic E-state index is 12.8. The first-order chi connectivity index (χ1) is 12.6. The molecular formula is C20H30N2O4. The number of benzene rings is 1. The van der Waals surface area contributed by atoms with E-state index in [0.717, 1.165) is 31.4 Å². The van der Waals surface area contributed by atoms with Crippen LogP contribution in [0.5, 0.6) is 0 Å². The van der Waals surface area contributed by atoms with Gasteiger partial charge in [-0.15, -0.1) is 0 Å². The van der Waals surface area contributed by atoms with Crippen molar-refractivity contribution in [2.45, 2.75) is 57.5 Å². The van der Waals surface area contributed by atoms with Crippen LogP contribution in [0.1, 0.15) is 44.6 Å². The van der Waals surface area contributed by atoms with Crippen molar-refractivity contribution in [3.05, 3.63) is 35.9 Å². The molecular weight excluding hydrogens is 332 g/mol. The van der Waals surface area contributed by atoms with E-state index in [1.54, 1.807) is 0 Å². The number of hydrogen-bond acceptors (Lipinski definition) is 3. The first-order valence-corrected chi connectivity index (χ1v) is 9.50. The smallest absolute Gasteiger partial charge is 0.317 e. The third-order valence-corrected chi connectivity index (χ3v) is 4.76. The van der Waals surface area contributed by atoms with E-state index in [-0.39, 0.29) is 24.5 Å². The summed E-state index contributed by atoms with van der Waals surface area (Å²) in [4.78, 5) is 25.7. The predicted molar refractivity (Wildman–Crippen MR) is 100 cm³/mol. The molecule has 1 aliphatic rings. The molecule has 0 bridgehead atoms. The van der Waals surface area contributed by atoms with Gasteiger partial charge in [-0.25, -0.2) is 4.79 Å². The summed E-state index contributed by atoms with van der Waals surface area (Å²) in [5.74, 6) is -0.843. The molecule has 1 aromatic rings. The summed E-state index contributed by atoms with van der Waals surface area (Å²) in [5.41, 5.74) is 1.09. The number of amides is 2. The molecule has 0 radical (unpaired) electrons. The molecule has 2 amide bonds. The fraction of sp³-hybridized carbons (Fsp3) is 0.600. The van der Waals surface area contributed by atoms with Gasteiger partial charge in [-0.3, -0.25) is 4.79 Å². The Morgan fingerprint density at radius 3 is 2.77 bits per heavy atom. The SMILES string of the molecule is CCOCC1CCCCN1C(=O)NC(CCC(=O)O)Cc1ccccc1. The van der Waals surface area contributed by atoms with Crippen molar-refractivity contribution in [2.24, 2.45) is 0 Å². The molecule has 6 nitrogen and oxygen atoms in total. The van der Waals surface area contributed by atoms with Gasteiger partial charge in [-0.05, 0) is 44.6 Å². The van der Waals surface area contributed by atoms with E-state index in [9.17, 15) is 9.59 Å². The molecule has 2 atom stereocenters. The number of nitrogens with zero attached hydrogens (tertiary/aromatic N) is 1. The summed E-state index contributed by atoms with van der Waals surface area (Å²) in [6.45, 7) is 3.87. The highest BCUT2D eigenvalue weighted by atomic mass is 16.5. The highest BCUT2D eigenvalue weighted by Crippen LogP contribution is 2.18. The van der Waals surface area contributed by atoms with E-state index in [4.69, 9.17) is 9.84 Å². The molecule has 0 aliphatic carbocycles. The normalized spacial score (nSPS) is 18.3. The van der Waals surface area contributed by atoms with Crippen LogP contribution in [0.4, 0.5) is 4.79 Å². The fourth-order valence-corrected chi connectivity index (χ4v) is 3.37. The van der Waals surface area contributed by atoms with E-state index in [1.165, 1.54) is 0 Å². The number of carbonyl (C=O) groups is 2. The Bertz CT molecular complexity index is 564. The first-order valence-electron chi connectivity index (χ1n) is 9.50. The highest BCUT2D eigenvalue weighted by Gasteiger charge is 2.28. The Kier molecular flexibility index (Phi) is 8.41. The standard InChI is InChI=1S/C20H30N2O4/c1-2-26-15-18-10-6-7-13-22(18)20(25)21-17(11-12-19(23)24)14-16-8-4-3-5-9-16/h3-5,8-9,17-18H,2,6-7,10-15H2,1H3,(H,21,25)(H,23,24). The van der Waals surface area contributed by atoms with Crippen LogP contribution in [0.3, 0.4) is 0 Å². The Hall–Kier alpha value is -2.08. The summed E-state index contributed by atoms with van der Waals surface area (Å²) >= 11 is 0. The summed E-state index contributed by atoms with van der Waals surface area (Å²) in [7, 11) is 0. The molecule has 26 heavy (non-hydrogen) atoms. The van der Waals surface area contributed by atoms with E-state index in [1.807, 2.05) is 42.2 Å². The molecule has 144 valence electrons. The van der Waals surface area contributed by atoms with Gasteiger partial charge in [0, 0.05) is 25.6 Å². The van der Waals surface area contributed by atoms with E-state index >= 15 is 0 Å². The minimum atomic E-state index is -0.843. The molecule has 2 unspecified atom stereocenters. The number of hydrogen-bond donors (Lipinski definition) is 2. The van der Waals surface area contributed by atoms with Gasteiger partial charge < -0.3 is 20.1 Å². The third kappa shape index (κ3) is 6.67. The lowest BCUT2D eigenvalue weighted by atomic mass is 10.0. The van der Waals surface area contributed by atoms with Crippen LogP contribution in [-0.4, -0.2) is 53.8 Å². The second-order valence-electron chi connectivity index (χ2n) is 6.77. The van der Waals surface area contributed by atoms with Gasteiger partial charge in [0.2, 0.25) is 0 Å². The lowest BCUT2D eigenvalue weighted by Gasteiger charge is -2.36. The Balaban J connectivity index is 1.99. The topological polar surface area (TPSA) is 78.9 Å². The molecule has 2 N–H and O–H groups in total. The van der Waals surface area contributed by atoms with Crippen molar-refractivity contribution in [1.82, 2.24) is 10.2 Å². The second kappa shape index (κ2) is 10.8. The number of nitrogens with one attached hydrogen (secondary N) is 1. The Labute approximate surface area is 155 Å². The lowest BCUT2D eigenvalue weighted by molar-refractivity contribution is -0.137. The van der Waals surface area contributed by atoms with Crippen molar-refractivity contribution in [1.29, 1.82) is 0 Å². The van der Waals surface area contributed by atoms with Crippen molar-refractivity contribution in [2.75, 3.05) is 19.8 Å². The maximum absolute atomic E-state index is 12.8. The zero-order valence-electron chi connectivity index (χ0n) is 15.5. The van der Waals surface area contributed by atoms with Crippen molar-refractivity contribution >= 4 is 12.0 Å². The van der Waals surface area contributed by atoms with Gasteiger partial charge in [0.05, 0.1) is 12.6 Å². The van der Waals surface area contributed by atoms with Crippen LogP contribution in [0, 0.1) is 0 Å². The van der Waals surface area contributed by atoms with Crippen molar-refractivity contribution in [3.63, 3.8) is 0 Å². The predicted octanol–water partition coefficient (Wildman–Crippen LogP) is 3.06. The Morgan fingerprint density at radius 2 is 2.08 bits per heavy atom. The van der Waals surface area contributed by atoms with Crippen LogP contribution >= 0.6 is 0 Å². The molecule has 2 rings (SSSR count). The van der Waals surface area contributed by atoms with Crippen molar-refractivity contribution < 1.29 is 19.4 Å². The van der Waals surface area contributed by atoms with Crippen molar-refractivity contribution in [3.8, 4) is 0 Å². The van der Waals surface area contributed by atoms with Gasteiger partial charge in [0.1, 0.15) is 0 Å². The average Bonchev–Trinajstić information content (AvgIpc) is 2.65. The summed E-state index contributed by atoms with van der Waals surface area (Å²) in [6, 6.07) is 9.64. The molecule has 0 saturated carbocycles. The number of carboxylic acid groups (broad SMARTS) is 1. The summed E-state index contributed by atoms with van der Waals surface area (Å²) < 4.78 is 5.53. The number of carbonyl (C=O) groups excluding carboxylic acids is 1. The molecule has 1 aromatic carbocycles. The molecule has 1 heterocycles. The summed E-state index contributed by atoms with van der Waals surface area (Å²) in [5, 5.41) is 12.1. The van der Waals surface area contributed by atoms with E-state index in [0.29, 0.717) is 26.1 Å². The number of rotatable bonds is 9. The molecule has 1 aliphatic heterocycles. The molecule has 1 fully saturated rings. The van der Waals surface area contributed by atoms with Crippen LogP contribution in [0.25, 0.3) is 0 Å². The largest absolute Gasteiger partial charge is 0.481 e. The molecule has 6 heteroatoms. The van der Waals surface area contributed by atoms with Crippen LogP contribution in [-0.2, 0) is 16.0 Å². The van der Waals surface area contributed by atoms with E-state index < -0.39 is 5.97 Å². The molecule has 0 spiro atoms. The van der Waals surface area contributed by atoms with Gasteiger partial charge in [-0.1, -0.05) is 30.3 Å². The van der Waals surface area contributed by atoms with Gasteiger partial charge in [0.15, 0.2) is 0 Å². The number of piperidine rings is 1. The number of ether oxygens (including phenoxy) is 1. The minimum absolute atomic E-state index is 0.0418. The van der Waals surface area contributed by atoms with Gasteiger partial charge in [-0.2, -0.15) is 0 Å².